The van der Waals surface area contributed by atoms with Gasteiger partial charge in [-0.1, -0.05) is 12.1 Å². The third-order valence-corrected chi connectivity index (χ3v) is 2.78. The molecule has 0 aliphatic carbocycles. The number of rotatable bonds is 9. The van der Waals surface area contributed by atoms with Crippen LogP contribution in [0.25, 0.3) is 0 Å². The van der Waals surface area contributed by atoms with Crippen LogP contribution in [0.4, 0.5) is 0 Å². The average molecular weight is 294 g/mol. The average Bonchev–Trinajstić information content (AvgIpc) is 2.44. The Kier molecular flexibility index (Phi) is 7.61. The lowest BCUT2D eigenvalue weighted by Gasteiger charge is -2.16. The molecule has 0 radical (unpaired) electrons. The molecule has 0 aliphatic rings. The van der Waals surface area contributed by atoms with Crippen molar-refractivity contribution in [2.75, 3.05) is 19.8 Å². The van der Waals surface area contributed by atoms with Crippen LogP contribution in [0, 0.1) is 0 Å². The molecule has 0 aliphatic heterocycles. The van der Waals surface area contributed by atoms with Crippen LogP contribution in [0.3, 0.4) is 0 Å². The van der Waals surface area contributed by atoms with Gasteiger partial charge in [-0.3, -0.25) is 4.79 Å². The van der Waals surface area contributed by atoms with E-state index in [1.807, 2.05) is 52.0 Å². The minimum Gasteiger partial charge on any atom is -0.490 e. The zero-order valence-corrected chi connectivity index (χ0v) is 13.3. The summed E-state index contributed by atoms with van der Waals surface area (Å²) in [4.78, 5) is 11.7. The Morgan fingerprint density at radius 2 is 1.76 bits per heavy atom. The lowest BCUT2D eigenvalue weighted by atomic mass is 10.3. The number of carbonyl (C=O) groups is 1. The molecule has 0 bridgehead atoms. The second-order valence-corrected chi connectivity index (χ2v) is 5.07. The van der Waals surface area contributed by atoms with Crippen molar-refractivity contribution in [1.82, 2.24) is 10.6 Å². The van der Waals surface area contributed by atoms with Crippen LogP contribution in [-0.2, 0) is 4.79 Å². The fourth-order valence-corrected chi connectivity index (χ4v) is 1.78. The molecule has 0 spiro atoms. The summed E-state index contributed by atoms with van der Waals surface area (Å²) in [6.45, 7) is 9.33. The van der Waals surface area contributed by atoms with Crippen molar-refractivity contribution in [2.24, 2.45) is 0 Å². The van der Waals surface area contributed by atoms with Crippen LogP contribution >= 0.6 is 0 Å². The van der Waals surface area contributed by atoms with Gasteiger partial charge < -0.3 is 20.1 Å². The summed E-state index contributed by atoms with van der Waals surface area (Å²) in [6, 6.07) is 7.48. The van der Waals surface area contributed by atoms with E-state index < -0.39 is 0 Å². The third kappa shape index (κ3) is 6.49. The fourth-order valence-electron chi connectivity index (χ4n) is 1.78. The first kappa shape index (κ1) is 17.3. The molecule has 1 aromatic rings. The molecule has 0 saturated heterocycles. The standard InChI is InChI=1S/C16H26N2O3/c1-5-20-14-8-6-7-9-15(14)21-11-10-17-13(4)16(19)18-12(2)3/h6-9,12-13,17H,5,10-11H2,1-4H3,(H,18,19). The summed E-state index contributed by atoms with van der Waals surface area (Å²) >= 11 is 0. The molecule has 5 nitrogen and oxygen atoms in total. The molecule has 0 saturated carbocycles. The monoisotopic (exact) mass is 294 g/mol. The molecule has 1 atom stereocenters. The van der Waals surface area contributed by atoms with Crippen molar-refractivity contribution >= 4 is 5.91 Å². The number of carbonyl (C=O) groups excluding carboxylic acids is 1. The molecular weight excluding hydrogens is 268 g/mol. The zero-order chi connectivity index (χ0) is 15.7. The van der Waals surface area contributed by atoms with Crippen LogP contribution < -0.4 is 20.1 Å². The number of para-hydroxylation sites is 2. The first-order valence-electron chi connectivity index (χ1n) is 7.43. The van der Waals surface area contributed by atoms with Crippen molar-refractivity contribution in [3.05, 3.63) is 24.3 Å². The molecule has 0 aromatic heterocycles. The lowest BCUT2D eigenvalue weighted by molar-refractivity contribution is -0.123. The Morgan fingerprint density at radius 3 is 2.33 bits per heavy atom. The SMILES string of the molecule is CCOc1ccccc1OCCNC(C)C(=O)NC(C)C. The number of ether oxygens (including phenoxy) is 2. The van der Waals surface area contributed by atoms with Gasteiger partial charge in [0.2, 0.25) is 5.91 Å². The minimum absolute atomic E-state index is 0.000263. The minimum atomic E-state index is -0.238. The van der Waals surface area contributed by atoms with Gasteiger partial charge in [-0.25, -0.2) is 0 Å². The molecule has 1 amide bonds. The van der Waals surface area contributed by atoms with E-state index in [1.54, 1.807) is 0 Å². The summed E-state index contributed by atoms with van der Waals surface area (Å²) in [5.41, 5.74) is 0. The second kappa shape index (κ2) is 9.23. The quantitative estimate of drug-likeness (QED) is 0.684. The second-order valence-electron chi connectivity index (χ2n) is 5.07. The van der Waals surface area contributed by atoms with E-state index in [-0.39, 0.29) is 18.0 Å². The Balaban J connectivity index is 2.32. The van der Waals surface area contributed by atoms with Crippen LogP contribution in [0.15, 0.2) is 24.3 Å². The van der Waals surface area contributed by atoms with Crippen LogP contribution in [0.5, 0.6) is 11.5 Å². The first-order valence-corrected chi connectivity index (χ1v) is 7.43. The first-order chi connectivity index (χ1) is 10.0. The van der Waals surface area contributed by atoms with Crippen molar-refractivity contribution in [1.29, 1.82) is 0 Å². The fraction of sp³-hybridized carbons (Fsp3) is 0.562. The van der Waals surface area contributed by atoms with Gasteiger partial charge in [0, 0.05) is 12.6 Å². The molecule has 2 N–H and O–H groups in total. The summed E-state index contributed by atoms with van der Waals surface area (Å²) in [5, 5.41) is 6.00. The maximum Gasteiger partial charge on any atom is 0.237 e. The van der Waals surface area contributed by atoms with E-state index in [2.05, 4.69) is 10.6 Å². The van der Waals surface area contributed by atoms with Gasteiger partial charge in [0.05, 0.1) is 12.6 Å². The van der Waals surface area contributed by atoms with Gasteiger partial charge in [-0.2, -0.15) is 0 Å². The Hall–Kier alpha value is -1.75. The Labute approximate surface area is 127 Å². The normalized spacial score (nSPS) is 12.0. The topological polar surface area (TPSA) is 59.6 Å². The number of hydrogen-bond acceptors (Lipinski definition) is 4. The molecule has 1 rings (SSSR count). The smallest absolute Gasteiger partial charge is 0.237 e. The van der Waals surface area contributed by atoms with Gasteiger partial charge in [-0.05, 0) is 39.8 Å². The summed E-state index contributed by atoms with van der Waals surface area (Å²) in [7, 11) is 0. The summed E-state index contributed by atoms with van der Waals surface area (Å²) < 4.78 is 11.2. The molecule has 5 heteroatoms. The molecule has 1 aromatic carbocycles. The van der Waals surface area contributed by atoms with Crippen LogP contribution in [0.2, 0.25) is 0 Å². The van der Waals surface area contributed by atoms with E-state index in [4.69, 9.17) is 9.47 Å². The molecule has 21 heavy (non-hydrogen) atoms. The van der Waals surface area contributed by atoms with Crippen LogP contribution in [0.1, 0.15) is 27.7 Å². The lowest BCUT2D eigenvalue weighted by Crippen LogP contribution is -2.45. The van der Waals surface area contributed by atoms with Gasteiger partial charge in [0.15, 0.2) is 11.5 Å². The van der Waals surface area contributed by atoms with E-state index in [0.717, 1.165) is 11.5 Å². The predicted molar refractivity (Wildman–Crippen MR) is 83.8 cm³/mol. The number of nitrogens with one attached hydrogen (secondary N) is 2. The van der Waals surface area contributed by atoms with Gasteiger partial charge in [0.1, 0.15) is 6.61 Å². The van der Waals surface area contributed by atoms with Gasteiger partial charge in [0.25, 0.3) is 0 Å². The molecule has 118 valence electrons. The molecule has 0 fully saturated rings. The van der Waals surface area contributed by atoms with Crippen LogP contribution in [-0.4, -0.2) is 37.7 Å². The highest BCUT2D eigenvalue weighted by Crippen LogP contribution is 2.25. The van der Waals surface area contributed by atoms with Gasteiger partial charge in [-0.15, -0.1) is 0 Å². The maximum absolute atomic E-state index is 11.7. The zero-order valence-electron chi connectivity index (χ0n) is 13.3. The van der Waals surface area contributed by atoms with E-state index >= 15 is 0 Å². The highest BCUT2D eigenvalue weighted by molar-refractivity contribution is 5.81. The van der Waals surface area contributed by atoms with Gasteiger partial charge >= 0.3 is 0 Å². The van der Waals surface area contributed by atoms with E-state index in [9.17, 15) is 4.79 Å². The third-order valence-electron chi connectivity index (χ3n) is 2.78. The summed E-state index contributed by atoms with van der Waals surface area (Å²) in [5.74, 6) is 1.46. The predicted octanol–water partition coefficient (Wildman–Crippen LogP) is 1.97. The molecule has 0 heterocycles. The highest BCUT2D eigenvalue weighted by atomic mass is 16.5. The van der Waals surface area contributed by atoms with Crippen molar-refractivity contribution in [3.8, 4) is 11.5 Å². The van der Waals surface area contributed by atoms with E-state index in [0.29, 0.717) is 19.8 Å². The Morgan fingerprint density at radius 1 is 1.14 bits per heavy atom. The van der Waals surface area contributed by atoms with E-state index in [1.165, 1.54) is 0 Å². The number of hydrogen-bond donors (Lipinski definition) is 2. The molecular formula is C16H26N2O3. The number of amides is 1. The summed E-state index contributed by atoms with van der Waals surface area (Å²) in [6.07, 6.45) is 0. The maximum atomic E-state index is 11.7. The Bertz CT molecular complexity index is 435. The molecule has 1 unspecified atom stereocenters. The number of benzene rings is 1. The highest BCUT2D eigenvalue weighted by Gasteiger charge is 2.12. The van der Waals surface area contributed by atoms with Crippen molar-refractivity contribution < 1.29 is 14.3 Å². The largest absolute Gasteiger partial charge is 0.490 e. The van der Waals surface area contributed by atoms with Crippen molar-refractivity contribution in [2.45, 2.75) is 39.8 Å². The van der Waals surface area contributed by atoms with Crippen molar-refractivity contribution in [3.63, 3.8) is 0 Å².